The Balaban J connectivity index is 2.10. The van der Waals surface area contributed by atoms with Crippen LogP contribution in [0, 0.1) is 13.8 Å². The van der Waals surface area contributed by atoms with E-state index in [4.69, 9.17) is 9.47 Å². The molecule has 1 aliphatic rings. The Bertz CT molecular complexity index is 428. The first-order valence-corrected chi connectivity index (χ1v) is 6.80. The zero-order valence-electron chi connectivity index (χ0n) is 12.3. The first kappa shape index (κ1) is 14.2. The lowest BCUT2D eigenvalue weighted by atomic mass is 10.1. The third-order valence-electron chi connectivity index (χ3n) is 3.83. The summed E-state index contributed by atoms with van der Waals surface area (Å²) in [7, 11) is 3.85. The molecule has 1 aromatic rings. The first-order valence-electron chi connectivity index (χ1n) is 6.80. The van der Waals surface area contributed by atoms with E-state index in [1.807, 2.05) is 6.07 Å². The number of likely N-dealkylation sites (N-methyl/N-ethyl adjacent to an activating group) is 1. The van der Waals surface area contributed by atoms with Gasteiger partial charge in [0.2, 0.25) is 0 Å². The van der Waals surface area contributed by atoms with Gasteiger partial charge in [-0.25, -0.2) is 0 Å². The number of hydrogen-bond donors (Lipinski definition) is 1. The first-order chi connectivity index (χ1) is 9.13. The van der Waals surface area contributed by atoms with Crippen molar-refractivity contribution < 1.29 is 9.47 Å². The van der Waals surface area contributed by atoms with Crippen molar-refractivity contribution in [3.05, 3.63) is 23.3 Å². The maximum Gasteiger partial charge on any atom is 0.122 e. The van der Waals surface area contributed by atoms with E-state index in [0.717, 1.165) is 32.1 Å². The van der Waals surface area contributed by atoms with Crippen LogP contribution >= 0.6 is 0 Å². The van der Waals surface area contributed by atoms with Crippen molar-refractivity contribution in [2.45, 2.75) is 19.9 Å². The van der Waals surface area contributed by atoms with E-state index in [2.05, 4.69) is 37.2 Å². The molecule has 1 saturated heterocycles. The molecule has 1 aliphatic heterocycles. The van der Waals surface area contributed by atoms with E-state index < -0.39 is 0 Å². The molecule has 106 valence electrons. The Hall–Kier alpha value is -1.26. The van der Waals surface area contributed by atoms with Crippen LogP contribution < -0.4 is 15.0 Å². The van der Waals surface area contributed by atoms with E-state index >= 15 is 0 Å². The van der Waals surface area contributed by atoms with Crippen LogP contribution in [-0.4, -0.2) is 46.5 Å². The second-order valence-corrected chi connectivity index (χ2v) is 5.14. The molecular formula is C15H24N2O2. The largest absolute Gasteiger partial charge is 0.496 e. The fourth-order valence-corrected chi connectivity index (χ4v) is 2.58. The Morgan fingerprint density at radius 1 is 1.37 bits per heavy atom. The molecule has 1 unspecified atom stereocenters. The molecular weight excluding hydrogens is 240 g/mol. The van der Waals surface area contributed by atoms with Gasteiger partial charge >= 0.3 is 0 Å². The molecule has 1 N–H and O–H groups in total. The SMILES string of the molecule is COc1ccc(N(C)CC2COCCN2)c(C)c1C. The van der Waals surface area contributed by atoms with Crippen LogP contribution in [0.3, 0.4) is 0 Å². The van der Waals surface area contributed by atoms with E-state index in [1.165, 1.54) is 16.8 Å². The number of benzene rings is 1. The predicted molar refractivity (Wildman–Crippen MR) is 78.3 cm³/mol. The van der Waals surface area contributed by atoms with Crippen molar-refractivity contribution in [2.24, 2.45) is 0 Å². The third-order valence-corrected chi connectivity index (χ3v) is 3.83. The van der Waals surface area contributed by atoms with Gasteiger partial charge in [0.15, 0.2) is 0 Å². The molecule has 0 radical (unpaired) electrons. The average molecular weight is 264 g/mol. The lowest BCUT2D eigenvalue weighted by Gasteiger charge is -2.30. The number of methoxy groups -OCH3 is 1. The molecule has 2 rings (SSSR count). The summed E-state index contributed by atoms with van der Waals surface area (Å²) in [6, 6.07) is 4.57. The van der Waals surface area contributed by atoms with E-state index in [0.29, 0.717) is 6.04 Å². The number of rotatable bonds is 4. The fraction of sp³-hybridized carbons (Fsp3) is 0.600. The van der Waals surface area contributed by atoms with Crippen molar-refractivity contribution in [3.8, 4) is 5.75 Å². The third kappa shape index (κ3) is 3.19. The highest BCUT2D eigenvalue weighted by Gasteiger charge is 2.17. The van der Waals surface area contributed by atoms with Gasteiger partial charge in [0.1, 0.15) is 5.75 Å². The van der Waals surface area contributed by atoms with Gasteiger partial charge in [-0.05, 0) is 37.1 Å². The molecule has 0 amide bonds. The van der Waals surface area contributed by atoms with Crippen LogP contribution in [0.15, 0.2) is 12.1 Å². The minimum atomic E-state index is 0.403. The zero-order valence-corrected chi connectivity index (χ0v) is 12.3. The van der Waals surface area contributed by atoms with Crippen LogP contribution in [0.1, 0.15) is 11.1 Å². The number of hydrogen-bond acceptors (Lipinski definition) is 4. The summed E-state index contributed by atoms with van der Waals surface area (Å²) in [5.41, 5.74) is 3.74. The summed E-state index contributed by atoms with van der Waals surface area (Å²) in [6.07, 6.45) is 0. The van der Waals surface area contributed by atoms with E-state index in [-0.39, 0.29) is 0 Å². The van der Waals surface area contributed by atoms with Crippen molar-refractivity contribution in [1.29, 1.82) is 0 Å². The van der Waals surface area contributed by atoms with Crippen molar-refractivity contribution >= 4 is 5.69 Å². The Morgan fingerprint density at radius 3 is 2.79 bits per heavy atom. The summed E-state index contributed by atoms with van der Waals surface area (Å²) in [6.45, 7) is 7.76. The fourth-order valence-electron chi connectivity index (χ4n) is 2.58. The Kier molecular flexibility index (Phi) is 4.66. The van der Waals surface area contributed by atoms with E-state index in [1.54, 1.807) is 7.11 Å². The number of nitrogens with one attached hydrogen (secondary N) is 1. The normalized spacial score (nSPS) is 19.3. The smallest absolute Gasteiger partial charge is 0.122 e. The van der Waals surface area contributed by atoms with Crippen molar-refractivity contribution in [3.63, 3.8) is 0 Å². The number of morpholine rings is 1. The highest BCUT2D eigenvalue weighted by atomic mass is 16.5. The minimum absolute atomic E-state index is 0.403. The van der Waals surface area contributed by atoms with Gasteiger partial charge in [-0.15, -0.1) is 0 Å². The Morgan fingerprint density at radius 2 is 2.16 bits per heavy atom. The number of anilines is 1. The molecule has 0 bridgehead atoms. The zero-order chi connectivity index (χ0) is 13.8. The maximum atomic E-state index is 5.50. The monoisotopic (exact) mass is 264 g/mol. The van der Waals surface area contributed by atoms with Gasteiger partial charge < -0.3 is 19.7 Å². The molecule has 4 heteroatoms. The average Bonchev–Trinajstić information content (AvgIpc) is 2.42. The topological polar surface area (TPSA) is 33.7 Å². The summed E-state index contributed by atoms with van der Waals surface area (Å²) < 4.78 is 10.9. The Labute approximate surface area is 115 Å². The van der Waals surface area contributed by atoms with Gasteiger partial charge in [0, 0.05) is 31.9 Å². The van der Waals surface area contributed by atoms with Crippen molar-refractivity contribution in [2.75, 3.05) is 45.4 Å². The molecule has 1 heterocycles. The van der Waals surface area contributed by atoms with Gasteiger partial charge in [-0.2, -0.15) is 0 Å². The maximum absolute atomic E-state index is 5.50. The predicted octanol–water partition coefficient (Wildman–Crippen LogP) is 1.74. The van der Waals surface area contributed by atoms with Crippen LogP contribution in [0.25, 0.3) is 0 Å². The van der Waals surface area contributed by atoms with Gasteiger partial charge in [0.25, 0.3) is 0 Å². The quantitative estimate of drug-likeness (QED) is 0.898. The molecule has 0 spiro atoms. The highest BCUT2D eigenvalue weighted by molar-refractivity contribution is 5.59. The molecule has 1 atom stereocenters. The van der Waals surface area contributed by atoms with Gasteiger partial charge in [-0.3, -0.25) is 0 Å². The van der Waals surface area contributed by atoms with Crippen LogP contribution in [0.2, 0.25) is 0 Å². The molecule has 1 aromatic carbocycles. The summed E-state index contributed by atoms with van der Waals surface area (Å²) in [4.78, 5) is 2.29. The van der Waals surface area contributed by atoms with Crippen LogP contribution in [-0.2, 0) is 4.74 Å². The minimum Gasteiger partial charge on any atom is -0.496 e. The molecule has 0 saturated carbocycles. The second kappa shape index (κ2) is 6.26. The van der Waals surface area contributed by atoms with Gasteiger partial charge in [-0.1, -0.05) is 0 Å². The highest BCUT2D eigenvalue weighted by Crippen LogP contribution is 2.29. The van der Waals surface area contributed by atoms with E-state index in [9.17, 15) is 0 Å². The van der Waals surface area contributed by atoms with Crippen LogP contribution in [0.5, 0.6) is 5.75 Å². The van der Waals surface area contributed by atoms with Crippen LogP contribution in [0.4, 0.5) is 5.69 Å². The van der Waals surface area contributed by atoms with Gasteiger partial charge in [0.05, 0.1) is 20.3 Å². The van der Waals surface area contributed by atoms with Crippen molar-refractivity contribution in [1.82, 2.24) is 5.32 Å². The molecule has 0 aromatic heterocycles. The summed E-state index contributed by atoms with van der Waals surface area (Å²) in [5, 5.41) is 3.49. The lowest BCUT2D eigenvalue weighted by molar-refractivity contribution is 0.0791. The standard InChI is InChI=1S/C15H24N2O2/c1-11-12(2)15(18-4)6-5-14(11)17(3)9-13-10-19-8-7-16-13/h5-6,13,16H,7-10H2,1-4H3. The molecule has 1 fully saturated rings. The number of nitrogens with zero attached hydrogens (tertiary/aromatic N) is 1. The molecule has 0 aliphatic carbocycles. The lowest BCUT2D eigenvalue weighted by Crippen LogP contribution is -2.47. The molecule has 19 heavy (non-hydrogen) atoms. The summed E-state index contributed by atoms with van der Waals surface area (Å²) >= 11 is 0. The summed E-state index contributed by atoms with van der Waals surface area (Å²) in [5.74, 6) is 0.953. The number of ether oxygens (including phenoxy) is 2. The second-order valence-electron chi connectivity index (χ2n) is 5.14. The molecule has 4 nitrogen and oxygen atoms in total.